The molecule has 0 fully saturated rings. The predicted octanol–water partition coefficient (Wildman–Crippen LogP) is 2.35. The zero-order chi connectivity index (χ0) is 14.3. The number of fused-ring (bicyclic) bond motifs is 1. The van der Waals surface area contributed by atoms with Gasteiger partial charge in [0.25, 0.3) is 0 Å². The lowest BCUT2D eigenvalue weighted by Crippen LogP contribution is -2.28. The van der Waals surface area contributed by atoms with Gasteiger partial charge < -0.3 is 20.6 Å². The van der Waals surface area contributed by atoms with Gasteiger partial charge >= 0.3 is 0 Å². The second-order valence-corrected chi connectivity index (χ2v) is 5.23. The van der Waals surface area contributed by atoms with Crippen LogP contribution in [0.2, 0.25) is 0 Å². The number of aryl methyl sites for hydroxylation is 1. The lowest BCUT2D eigenvalue weighted by Gasteiger charge is -2.28. The number of benzene rings is 2. The van der Waals surface area contributed by atoms with Crippen LogP contribution in [0.15, 0.2) is 30.3 Å². The lowest BCUT2D eigenvalue weighted by molar-refractivity contribution is 0.393. The Morgan fingerprint density at radius 3 is 2.55 bits per heavy atom. The molecule has 1 aliphatic heterocycles. The average Bonchev–Trinajstić information content (AvgIpc) is 2.45. The maximum Gasteiger partial charge on any atom is 0.162 e. The highest BCUT2D eigenvalue weighted by molar-refractivity contribution is 5.53. The summed E-state index contributed by atoms with van der Waals surface area (Å²) in [4.78, 5) is 0. The molecule has 0 radical (unpaired) electrons. The van der Waals surface area contributed by atoms with Crippen molar-refractivity contribution in [2.75, 3.05) is 6.54 Å². The molecule has 4 nitrogen and oxygen atoms in total. The Labute approximate surface area is 117 Å². The molecule has 104 valence electrons. The van der Waals surface area contributed by atoms with Crippen LogP contribution in [0.1, 0.15) is 28.2 Å². The van der Waals surface area contributed by atoms with Crippen molar-refractivity contribution < 1.29 is 15.3 Å². The minimum absolute atomic E-state index is 0.0461. The summed E-state index contributed by atoms with van der Waals surface area (Å²) < 4.78 is 0. The molecule has 0 aliphatic carbocycles. The lowest BCUT2D eigenvalue weighted by atomic mass is 9.84. The number of phenols is 3. The van der Waals surface area contributed by atoms with Crippen molar-refractivity contribution in [2.24, 2.45) is 0 Å². The number of aromatic hydroxyl groups is 3. The van der Waals surface area contributed by atoms with Crippen LogP contribution in [0.3, 0.4) is 0 Å². The molecular formula is C16H17NO3. The Bertz CT molecular complexity index is 667. The Hall–Kier alpha value is -2.20. The molecule has 0 bridgehead atoms. The Kier molecular flexibility index (Phi) is 3.03. The van der Waals surface area contributed by atoms with E-state index >= 15 is 0 Å². The largest absolute Gasteiger partial charge is 0.508 e. The van der Waals surface area contributed by atoms with E-state index in [1.165, 1.54) is 6.07 Å². The van der Waals surface area contributed by atoms with Gasteiger partial charge in [0.15, 0.2) is 11.5 Å². The van der Waals surface area contributed by atoms with E-state index in [4.69, 9.17) is 0 Å². The number of nitrogens with one attached hydrogen (secondary N) is 1. The second kappa shape index (κ2) is 4.72. The maximum atomic E-state index is 9.98. The van der Waals surface area contributed by atoms with Crippen molar-refractivity contribution in [3.8, 4) is 17.2 Å². The third kappa shape index (κ3) is 1.98. The van der Waals surface area contributed by atoms with Crippen LogP contribution in [-0.4, -0.2) is 21.9 Å². The molecule has 1 heterocycles. The third-order valence-corrected chi connectivity index (χ3v) is 3.95. The summed E-state index contributed by atoms with van der Waals surface area (Å²) in [7, 11) is 0. The molecule has 1 atom stereocenters. The molecule has 2 aromatic rings. The van der Waals surface area contributed by atoms with Crippen LogP contribution in [0.5, 0.6) is 17.2 Å². The van der Waals surface area contributed by atoms with Gasteiger partial charge in [0.05, 0.1) is 0 Å². The van der Waals surface area contributed by atoms with Gasteiger partial charge in [0, 0.05) is 24.6 Å². The van der Waals surface area contributed by atoms with Gasteiger partial charge in [-0.05, 0) is 35.7 Å². The molecule has 0 amide bonds. The topological polar surface area (TPSA) is 72.7 Å². The van der Waals surface area contributed by atoms with Gasteiger partial charge in [-0.2, -0.15) is 0 Å². The normalized spacial score (nSPS) is 17.8. The Morgan fingerprint density at radius 1 is 1.05 bits per heavy atom. The van der Waals surface area contributed by atoms with E-state index in [2.05, 4.69) is 5.32 Å². The average molecular weight is 271 g/mol. The quantitative estimate of drug-likeness (QED) is 0.601. The summed E-state index contributed by atoms with van der Waals surface area (Å²) in [5, 5.41) is 32.5. The van der Waals surface area contributed by atoms with E-state index in [0.717, 1.165) is 28.8 Å². The minimum atomic E-state index is -0.0897. The van der Waals surface area contributed by atoms with Crippen molar-refractivity contribution in [3.05, 3.63) is 52.6 Å². The van der Waals surface area contributed by atoms with E-state index in [0.29, 0.717) is 6.54 Å². The van der Waals surface area contributed by atoms with E-state index in [9.17, 15) is 15.3 Å². The highest BCUT2D eigenvalue weighted by Crippen LogP contribution is 2.39. The number of hydrogen-bond donors (Lipinski definition) is 4. The molecule has 0 spiro atoms. The van der Waals surface area contributed by atoms with Crippen molar-refractivity contribution >= 4 is 0 Å². The first-order valence-corrected chi connectivity index (χ1v) is 6.62. The van der Waals surface area contributed by atoms with Crippen molar-refractivity contribution in [3.63, 3.8) is 0 Å². The van der Waals surface area contributed by atoms with Gasteiger partial charge in [0.2, 0.25) is 0 Å². The summed E-state index contributed by atoms with van der Waals surface area (Å²) in [6.45, 7) is 3.18. The molecule has 0 saturated heterocycles. The molecule has 4 N–H and O–H groups in total. The fourth-order valence-electron chi connectivity index (χ4n) is 2.80. The minimum Gasteiger partial charge on any atom is -0.508 e. The van der Waals surface area contributed by atoms with E-state index in [1.54, 1.807) is 6.07 Å². The van der Waals surface area contributed by atoms with Crippen molar-refractivity contribution in [1.82, 2.24) is 5.32 Å². The van der Waals surface area contributed by atoms with Gasteiger partial charge in [-0.1, -0.05) is 18.2 Å². The molecule has 2 aromatic carbocycles. The first-order chi connectivity index (χ1) is 9.58. The van der Waals surface area contributed by atoms with Crippen LogP contribution in [-0.2, 0) is 6.54 Å². The molecule has 3 rings (SSSR count). The van der Waals surface area contributed by atoms with Crippen molar-refractivity contribution in [2.45, 2.75) is 19.4 Å². The summed E-state index contributed by atoms with van der Waals surface area (Å²) in [6, 6.07) is 8.94. The highest BCUT2D eigenvalue weighted by atomic mass is 16.3. The van der Waals surface area contributed by atoms with Crippen LogP contribution in [0.4, 0.5) is 0 Å². The Morgan fingerprint density at radius 2 is 1.80 bits per heavy atom. The van der Waals surface area contributed by atoms with Crippen LogP contribution < -0.4 is 5.32 Å². The molecule has 20 heavy (non-hydrogen) atoms. The summed E-state index contributed by atoms with van der Waals surface area (Å²) in [6.07, 6.45) is 0. The number of hydrogen-bond acceptors (Lipinski definition) is 4. The highest BCUT2D eigenvalue weighted by Gasteiger charge is 2.25. The molecule has 0 unspecified atom stereocenters. The summed E-state index contributed by atoms with van der Waals surface area (Å²) in [5.74, 6) is 0.249. The van der Waals surface area contributed by atoms with Crippen LogP contribution >= 0.6 is 0 Å². The molecule has 4 heteroatoms. The first kappa shape index (κ1) is 12.8. The molecule has 0 saturated carbocycles. The van der Waals surface area contributed by atoms with E-state index < -0.39 is 0 Å². The van der Waals surface area contributed by atoms with Crippen LogP contribution in [0.25, 0.3) is 0 Å². The molecule has 0 aromatic heterocycles. The zero-order valence-electron chi connectivity index (χ0n) is 11.2. The number of rotatable bonds is 1. The number of phenolic OH excluding ortho intramolecular Hbond substituents is 3. The van der Waals surface area contributed by atoms with Crippen molar-refractivity contribution in [1.29, 1.82) is 0 Å². The summed E-state index contributed by atoms with van der Waals surface area (Å²) in [5.41, 5.74) is 3.67. The molecular weight excluding hydrogens is 254 g/mol. The fraction of sp³-hybridized carbons (Fsp3) is 0.250. The van der Waals surface area contributed by atoms with E-state index in [1.807, 2.05) is 25.1 Å². The maximum absolute atomic E-state index is 9.98. The van der Waals surface area contributed by atoms with Gasteiger partial charge in [-0.3, -0.25) is 0 Å². The standard InChI is InChI=1S/C16H17NO3/c1-9-6-10(2-4-14(9)18)12-7-17-8-13-11(12)3-5-15(19)16(13)20/h2-6,12,17-20H,7-8H2,1H3/t12-/m0/s1. The first-order valence-electron chi connectivity index (χ1n) is 6.62. The monoisotopic (exact) mass is 271 g/mol. The van der Waals surface area contributed by atoms with Gasteiger partial charge in [0.1, 0.15) is 5.75 Å². The van der Waals surface area contributed by atoms with Gasteiger partial charge in [-0.25, -0.2) is 0 Å². The molecule has 1 aliphatic rings. The SMILES string of the molecule is Cc1cc([C@@H]2CNCc3c2ccc(O)c3O)ccc1O. The van der Waals surface area contributed by atoms with Crippen LogP contribution in [0, 0.1) is 6.92 Å². The Balaban J connectivity index is 2.10. The zero-order valence-corrected chi connectivity index (χ0v) is 11.2. The summed E-state index contributed by atoms with van der Waals surface area (Å²) >= 11 is 0. The third-order valence-electron chi connectivity index (χ3n) is 3.95. The predicted molar refractivity (Wildman–Crippen MR) is 76.2 cm³/mol. The fourth-order valence-corrected chi connectivity index (χ4v) is 2.80. The van der Waals surface area contributed by atoms with E-state index in [-0.39, 0.29) is 23.2 Å². The smallest absolute Gasteiger partial charge is 0.162 e. The second-order valence-electron chi connectivity index (χ2n) is 5.23. The van der Waals surface area contributed by atoms with Gasteiger partial charge in [-0.15, -0.1) is 0 Å².